The van der Waals surface area contributed by atoms with Gasteiger partial charge in [-0.25, -0.2) is 0 Å². The van der Waals surface area contributed by atoms with E-state index >= 15 is 0 Å². The fourth-order valence-corrected chi connectivity index (χ4v) is 4.84. The SMILES string of the molecule is O=C1CCC(N2C(=O)c3cccc(NCCOCCOCCN4C(=O)c5ccccc5C4=O)c3C2=O)C(=O)N1. The first-order valence-electron chi connectivity index (χ1n) is 12.6. The summed E-state index contributed by atoms with van der Waals surface area (Å²) in [7, 11) is 0. The summed E-state index contributed by atoms with van der Waals surface area (Å²) in [6.45, 7) is 1.49. The van der Waals surface area contributed by atoms with E-state index in [2.05, 4.69) is 10.6 Å². The molecule has 202 valence electrons. The van der Waals surface area contributed by atoms with Gasteiger partial charge in [-0.2, -0.15) is 0 Å². The molecule has 1 atom stereocenters. The van der Waals surface area contributed by atoms with Gasteiger partial charge < -0.3 is 14.8 Å². The van der Waals surface area contributed by atoms with Gasteiger partial charge in [0.15, 0.2) is 0 Å². The second-order valence-corrected chi connectivity index (χ2v) is 9.13. The third-order valence-electron chi connectivity index (χ3n) is 6.74. The van der Waals surface area contributed by atoms with E-state index in [1.165, 1.54) is 11.0 Å². The summed E-state index contributed by atoms with van der Waals surface area (Å²) in [5, 5.41) is 5.27. The molecule has 1 unspecified atom stereocenters. The molecule has 12 nitrogen and oxygen atoms in total. The topological polar surface area (TPSA) is 151 Å². The molecule has 2 N–H and O–H groups in total. The van der Waals surface area contributed by atoms with Crippen LogP contribution in [0.2, 0.25) is 0 Å². The normalized spacial score (nSPS) is 18.5. The number of nitrogens with one attached hydrogen (secondary N) is 2. The van der Waals surface area contributed by atoms with E-state index in [1.54, 1.807) is 36.4 Å². The monoisotopic (exact) mass is 534 g/mol. The van der Waals surface area contributed by atoms with Gasteiger partial charge in [0.05, 0.1) is 55.2 Å². The lowest BCUT2D eigenvalue weighted by Crippen LogP contribution is -2.54. The Morgan fingerprint density at radius 3 is 2.13 bits per heavy atom. The van der Waals surface area contributed by atoms with Crippen LogP contribution in [-0.4, -0.2) is 90.8 Å². The summed E-state index contributed by atoms with van der Waals surface area (Å²) in [6.07, 6.45) is 0.145. The number of amides is 6. The van der Waals surface area contributed by atoms with E-state index in [4.69, 9.17) is 9.47 Å². The molecule has 5 rings (SSSR count). The van der Waals surface area contributed by atoms with Crippen molar-refractivity contribution in [1.29, 1.82) is 0 Å². The first kappa shape index (κ1) is 26.2. The zero-order valence-electron chi connectivity index (χ0n) is 20.9. The highest BCUT2D eigenvalue weighted by molar-refractivity contribution is 6.25. The van der Waals surface area contributed by atoms with Crippen LogP contribution in [0.5, 0.6) is 0 Å². The largest absolute Gasteiger partial charge is 0.382 e. The second kappa shape index (κ2) is 11.1. The minimum Gasteiger partial charge on any atom is -0.382 e. The minimum atomic E-state index is -1.02. The lowest BCUT2D eigenvalue weighted by Gasteiger charge is -2.27. The molecule has 12 heteroatoms. The van der Waals surface area contributed by atoms with Crippen molar-refractivity contribution in [3.8, 4) is 0 Å². The van der Waals surface area contributed by atoms with Crippen LogP contribution in [0.15, 0.2) is 42.5 Å². The third-order valence-corrected chi connectivity index (χ3v) is 6.74. The molecule has 0 bridgehead atoms. The standard InChI is InChI=1S/C27H26N4O8/c32-21-9-8-20(23(33)29-21)31-26(36)18-6-3-7-19(22(18)27(31)37)28-10-12-38-14-15-39-13-11-30-24(34)16-4-1-2-5-17(16)25(30)35/h1-7,20,28H,8-15H2,(H,29,32,33). The lowest BCUT2D eigenvalue weighted by atomic mass is 10.0. The van der Waals surface area contributed by atoms with Crippen LogP contribution in [-0.2, 0) is 19.1 Å². The van der Waals surface area contributed by atoms with Gasteiger partial charge in [0.2, 0.25) is 11.8 Å². The Bertz CT molecular complexity index is 1340. The third kappa shape index (κ3) is 5.03. The van der Waals surface area contributed by atoms with E-state index in [0.29, 0.717) is 23.4 Å². The number of carbonyl (C=O) groups is 6. The molecule has 0 spiro atoms. The van der Waals surface area contributed by atoms with Crippen LogP contribution in [0, 0.1) is 0 Å². The number of imide groups is 3. The van der Waals surface area contributed by atoms with Crippen molar-refractivity contribution in [2.24, 2.45) is 0 Å². The Labute approximate surface area is 223 Å². The van der Waals surface area contributed by atoms with Gasteiger partial charge in [-0.1, -0.05) is 18.2 Å². The summed E-state index contributed by atoms with van der Waals surface area (Å²) in [5.74, 6) is -2.88. The Hall–Kier alpha value is -4.42. The Morgan fingerprint density at radius 1 is 0.769 bits per heavy atom. The maximum Gasteiger partial charge on any atom is 0.264 e. The number of hydrogen-bond acceptors (Lipinski definition) is 9. The highest BCUT2D eigenvalue weighted by atomic mass is 16.5. The molecule has 2 aromatic carbocycles. The molecule has 0 radical (unpaired) electrons. The van der Waals surface area contributed by atoms with E-state index in [-0.39, 0.29) is 68.8 Å². The van der Waals surface area contributed by atoms with Crippen molar-refractivity contribution in [2.75, 3.05) is 44.8 Å². The van der Waals surface area contributed by atoms with Gasteiger partial charge in [0, 0.05) is 18.7 Å². The van der Waals surface area contributed by atoms with Gasteiger partial charge in [-0.05, 0) is 30.7 Å². The molecule has 2 aromatic rings. The molecule has 0 aromatic heterocycles. The van der Waals surface area contributed by atoms with Crippen molar-refractivity contribution >= 4 is 41.1 Å². The number of benzene rings is 2. The number of ether oxygens (including phenoxy) is 2. The smallest absolute Gasteiger partial charge is 0.264 e. The molecule has 3 aliphatic heterocycles. The average molecular weight is 535 g/mol. The van der Waals surface area contributed by atoms with Gasteiger partial charge >= 0.3 is 0 Å². The van der Waals surface area contributed by atoms with Crippen molar-refractivity contribution in [2.45, 2.75) is 18.9 Å². The van der Waals surface area contributed by atoms with Gasteiger partial charge in [-0.15, -0.1) is 0 Å². The predicted octanol–water partition coefficient (Wildman–Crippen LogP) is 0.829. The van der Waals surface area contributed by atoms with Crippen LogP contribution in [0.4, 0.5) is 5.69 Å². The highest BCUT2D eigenvalue weighted by Gasteiger charge is 2.45. The minimum absolute atomic E-state index is 0.0543. The fraction of sp³-hybridized carbons (Fsp3) is 0.333. The maximum atomic E-state index is 13.1. The summed E-state index contributed by atoms with van der Waals surface area (Å²) >= 11 is 0. The molecular weight excluding hydrogens is 508 g/mol. The molecule has 0 saturated carbocycles. The Kier molecular flexibility index (Phi) is 7.48. The Morgan fingerprint density at radius 2 is 1.44 bits per heavy atom. The summed E-state index contributed by atoms with van der Waals surface area (Å²) in [5.41, 5.74) is 1.63. The quantitative estimate of drug-likeness (QED) is 0.315. The number of nitrogens with zero attached hydrogens (tertiary/aromatic N) is 2. The van der Waals surface area contributed by atoms with Crippen LogP contribution < -0.4 is 10.6 Å². The lowest BCUT2D eigenvalue weighted by molar-refractivity contribution is -0.136. The van der Waals surface area contributed by atoms with Crippen molar-refractivity contribution in [3.63, 3.8) is 0 Å². The molecule has 1 fully saturated rings. The number of rotatable bonds is 11. The number of piperidine rings is 1. The summed E-state index contributed by atoms with van der Waals surface area (Å²) < 4.78 is 11.0. The zero-order chi connectivity index (χ0) is 27.5. The first-order chi connectivity index (χ1) is 18.9. The van der Waals surface area contributed by atoms with E-state index in [9.17, 15) is 28.8 Å². The molecule has 1 saturated heterocycles. The maximum absolute atomic E-state index is 13.1. The van der Waals surface area contributed by atoms with Gasteiger partial charge in [0.25, 0.3) is 23.6 Å². The zero-order valence-corrected chi connectivity index (χ0v) is 20.9. The second-order valence-electron chi connectivity index (χ2n) is 9.13. The average Bonchev–Trinajstić information content (AvgIpc) is 3.33. The molecule has 39 heavy (non-hydrogen) atoms. The van der Waals surface area contributed by atoms with Crippen molar-refractivity contribution in [3.05, 3.63) is 64.7 Å². The molecule has 6 amide bonds. The number of fused-ring (bicyclic) bond motifs is 2. The van der Waals surface area contributed by atoms with Crippen LogP contribution >= 0.6 is 0 Å². The van der Waals surface area contributed by atoms with Crippen molar-refractivity contribution in [1.82, 2.24) is 15.1 Å². The van der Waals surface area contributed by atoms with E-state index in [1.807, 2.05) is 0 Å². The number of hydrogen-bond donors (Lipinski definition) is 2. The van der Waals surface area contributed by atoms with Crippen LogP contribution in [0.3, 0.4) is 0 Å². The molecule has 3 heterocycles. The molecule has 3 aliphatic rings. The van der Waals surface area contributed by atoms with Gasteiger partial charge in [-0.3, -0.25) is 43.9 Å². The first-order valence-corrected chi connectivity index (χ1v) is 12.6. The van der Waals surface area contributed by atoms with Crippen LogP contribution in [0.1, 0.15) is 54.3 Å². The van der Waals surface area contributed by atoms with E-state index < -0.39 is 29.7 Å². The molecular formula is C27H26N4O8. The van der Waals surface area contributed by atoms with Crippen LogP contribution in [0.25, 0.3) is 0 Å². The Balaban J connectivity index is 1.03. The van der Waals surface area contributed by atoms with Gasteiger partial charge in [0.1, 0.15) is 6.04 Å². The fourth-order valence-electron chi connectivity index (χ4n) is 4.84. The number of carbonyl (C=O) groups excluding carboxylic acids is 6. The van der Waals surface area contributed by atoms with E-state index in [0.717, 1.165) is 4.90 Å². The highest BCUT2D eigenvalue weighted by Crippen LogP contribution is 2.32. The summed E-state index contributed by atoms with van der Waals surface area (Å²) in [4.78, 5) is 76.5. The van der Waals surface area contributed by atoms with Crippen molar-refractivity contribution < 1.29 is 38.2 Å². The predicted molar refractivity (Wildman–Crippen MR) is 135 cm³/mol. The summed E-state index contributed by atoms with van der Waals surface area (Å²) in [6, 6.07) is 10.5. The molecule has 0 aliphatic carbocycles. The number of anilines is 1.